The fourth-order valence-corrected chi connectivity index (χ4v) is 2.94. The molecule has 3 rings (SSSR count). The predicted molar refractivity (Wildman–Crippen MR) is 124 cm³/mol. The third-order valence-corrected chi connectivity index (χ3v) is 4.53. The number of anilines is 1. The monoisotopic (exact) mass is 453 g/mol. The van der Waals surface area contributed by atoms with Gasteiger partial charge in [0, 0.05) is 12.7 Å². The number of nitrogens with one attached hydrogen (secondary N) is 3. The van der Waals surface area contributed by atoms with Crippen LogP contribution in [0.3, 0.4) is 0 Å². The van der Waals surface area contributed by atoms with Gasteiger partial charge in [0.05, 0.1) is 30.7 Å². The van der Waals surface area contributed by atoms with Crippen LogP contribution in [-0.2, 0) is 11.3 Å². The molecule has 0 atom stereocenters. The van der Waals surface area contributed by atoms with Gasteiger partial charge in [0.25, 0.3) is 11.8 Å². The van der Waals surface area contributed by atoms with Gasteiger partial charge in [0.2, 0.25) is 0 Å². The number of carbonyl (C=O) groups excluding carboxylic acids is 2. The van der Waals surface area contributed by atoms with Crippen molar-refractivity contribution in [2.75, 3.05) is 25.6 Å². The predicted octanol–water partition coefficient (Wildman–Crippen LogP) is 3.36. The third-order valence-electron chi connectivity index (χ3n) is 4.32. The maximum atomic E-state index is 12.6. The first kappa shape index (κ1) is 23.0. The molecule has 2 amide bonds. The second kappa shape index (κ2) is 11.6. The molecule has 0 aliphatic carbocycles. The third kappa shape index (κ3) is 6.66. The van der Waals surface area contributed by atoms with E-state index in [2.05, 4.69) is 16.0 Å². The SMILES string of the molecule is COCCOc1ccc(C(=O)NC(=S)Nc2ccccc2C(=O)NCc2ccco2)cc1. The Hall–Kier alpha value is -3.69. The van der Waals surface area contributed by atoms with Crippen molar-refractivity contribution in [2.24, 2.45) is 0 Å². The van der Waals surface area contributed by atoms with E-state index in [1.165, 1.54) is 0 Å². The van der Waals surface area contributed by atoms with E-state index in [0.717, 1.165) is 0 Å². The van der Waals surface area contributed by atoms with E-state index in [4.69, 9.17) is 26.1 Å². The largest absolute Gasteiger partial charge is 0.491 e. The average Bonchev–Trinajstić information content (AvgIpc) is 3.32. The summed E-state index contributed by atoms with van der Waals surface area (Å²) in [5, 5.41) is 8.37. The van der Waals surface area contributed by atoms with E-state index >= 15 is 0 Å². The highest BCUT2D eigenvalue weighted by molar-refractivity contribution is 7.80. The van der Waals surface area contributed by atoms with Gasteiger partial charge in [-0.15, -0.1) is 0 Å². The van der Waals surface area contributed by atoms with Crippen LogP contribution >= 0.6 is 12.2 Å². The van der Waals surface area contributed by atoms with Gasteiger partial charge in [-0.2, -0.15) is 0 Å². The van der Waals surface area contributed by atoms with Crippen molar-refractivity contribution in [2.45, 2.75) is 6.54 Å². The molecular formula is C23H23N3O5S. The Kier molecular flexibility index (Phi) is 8.36. The lowest BCUT2D eigenvalue weighted by Gasteiger charge is -2.13. The summed E-state index contributed by atoms with van der Waals surface area (Å²) in [6, 6.07) is 17.0. The molecule has 32 heavy (non-hydrogen) atoms. The maximum Gasteiger partial charge on any atom is 0.257 e. The smallest absolute Gasteiger partial charge is 0.257 e. The first-order valence-corrected chi connectivity index (χ1v) is 10.2. The highest BCUT2D eigenvalue weighted by atomic mass is 32.1. The van der Waals surface area contributed by atoms with Crippen molar-refractivity contribution in [1.82, 2.24) is 10.6 Å². The van der Waals surface area contributed by atoms with Crippen LogP contribution < -0.4 is 20.7 Å². The zero-order valence-electron chi connectivity index (χ0n) is 17.4. The van der Waals surface area contributed by atoms with E-state index in [0.29, 0.717) is 41.5 Å². The van der Waals surface area contributed by atoms with E-state index in [9.17, 15) is 9.59 Å². The molecule has 0 saturated heterocycles. The summed E-state index contributed by atoms with van der Waals surface area (Å²) in [5.41, 5.74) is 1.27. The van der Waals surface area contributed by atoms with Gasteiger partial charge >= 0.3 is 0 Å². The van der Waals surface area contributed by atoms with Crippen LogP contribution in [0.2, 0.25) is 0 Å². The Labute approximate surface area is 190 Å². The summed E-state index contributed by atoms with van der Waals surface area (Å²) in [6.07, 6.45) is 1.54. The Balaban J connectivity index is 1.56. The molecule has 8 nitrogen and oxygen atoms in total. The number of hydrogen-bond donors (Lipinski definition) is 3. The van der Waals surface area contributed by atoms with Gasteiger partial charge in [-0.25, -0.2) is 0 Å². The number of rotatable bonds is 9. The summed E-state index contributed by atoms with van der Waals surface area (Å²) in [4.78, 5) is 25.0. The van der Waals surface area contributed by atoms with Gasteiger partial charge in [-0.1, -0.05) is 12.1 Å². The normalized spacial score (nSPS) is 10.3. The second-order valence-corrected chi connectivity index (χ2v) is 6.99. The van der Waals surface area contributed by atoms with Crippen LogP contribution in [0, 0.1) is 0 Å². The maximum absolute atomic E-state index is 12.6. The van der Waals surface area contributed by atoms with Crippen molar-refractivity contribution in [1.29, 1.82) is 0 Å². The van der Waals surface area contributed by atoms with Crippen molar-refractivity contribution in [3.8, 4) is 5.75 Å². The van der Waals surface area contributed by atoms with Gasteiger partial charge in [0.15, 0.2) is 5.11 Å². The number of hydrogen-bond acceptors (Lipinski definition) is 6. The van der Waals surface area contributed by atoms with Crippen LogP contribution in [0.1, 0.15) is 26.5 Å². The molecule has 0 saturated carbocycles. The first-order chi connectivity index (χ1) is 15.6. The molecule has 0 unspecified atom stereocenters. The lowest BCUT2D eigenvalue weighted by molar-refractivity contribution is 0.0947. The number of amides is 2. The lowest BCUT2D eigenvalue weighted by Crippen LogP contribution is -2.35. The van der Waals surface area contributed by atoms with Crippen LogP contribution in [0.5, 0.6) is 5.75 Å². The van der Waals surface area contributed by atoms with Crippen molar-refractivity contribution in [3.63, 3.8) is 0 Å². The summed E-state index contributed by atoms with van der Waals surface area (Å²) in [5.74, 6) is 0.587. The van der Waals surface area contributed by atoms with Crippen molar-refractivity contribution in [3.05, 3.63) is 83.8 Å². The Bertz CT molecular complexity index is 1050. The fourth-order valence-electron chi connectivity index (χ4n) is 2.74. The molecule has 2 aromatic carbocycles. The lowest BCUT2D eigenvalue weighted by atomic mass is 10.1. The Morgan fingerprint density at radius 1 is 0.969 bits per heavy atom. The van der Waals surface area contributed by atoms with E-state index < -0.39 is 0 Å². The zero-order valence-corrected chi connectivity index (χ0v) is 18.2. The number of carbonyl (C=O) groups is 2. The molecule has 0 aliphatic rings. The van der Waals surface area contributed by atoms with Crippen LogP contribution in [0.4, 0.5) is 5.69 Å². The number of furan rings is 1. The van der Waals surface area contributed by atoms with Crippen LogP contribution in [0.15, 0.2) is 71.3 Å². The molecule has 0 fully saturated rings. The molecule has 166 valence electrons. The van der Waals surface area contributed by atoms with E-state index in [1.54, 1.807) is 74.0 Å². The molecule has 0 radical (unpaired) electrons. The minimum absolute atomic E-state index is 0.0710. The quantitative estimate of drug-likeness (QED) is 0.337. The molecule has 3 N–H and O–H groups in total. The number of thiocarbonyl (C=S) groups is 1. The minimum atomic E-state index is -0.384. The minimum Gasteiger partial charge on any atom is -0.491 e. The highest BCUT2D eigenvalue weighted by Crippen LogP contribution is 2.16. The highest BCUT2D eigenvalue weighted by Gasteiger charge is 2.14. The van der Waals surface area contributed by atoms with Crippen LogP contribution in [-0.4, -0.2) is 37.3 Å². The molecule has 0 aliphatic heterocycles. The van der Waals surface area contributed by atoms with E-state index in [1.807, 2.05) is 0 Å². The number of para-hydroxylation sites is 1. The standard InChI is InChI=1S/C23H23N3O5S/c1-29-13-14-31-17-10-8-16(9-11-17)21(27)26-23(32)25-20-7-3-2-6-19(20)22(28)24-15-18-5-4-12-30-18/h2-12H,13-15H2,1H3,(H,24,28)(H2,25,26,27,32). The molecular weight excluding hydrogens is 430 g/mol. The Morgan fingerprint density at radius 2 is 1.75 bits per heavy atom. The van der Waals surface area contributed by atoms with Crippen molar-refractivity contribution < 1.29 is 23.5 Å². The van der Waals surface area contributed by atoms with Gasteiger partial charge in [-0.05, 0) is 60.7 Å². The first-order valence-electron chi connectivity index (χ1n) is 9.80. The molecule has 9 heteroatoms. The molecule has 1 aromatic heterocycles. The molecule has 3 aromatic rings. The zero-order chi connectivity index (χ0) is 22.8. The molecule has 0 spiro atoms. The molecule has 0 bridgehead atoms. The van der Waals surface area contributed by atoms with Gasteiger partial charge in [0.1, 0.15) is 18.1 Å². The summed E-state index contributed by atoms with van der Waals surface area (Å²) in [6.45, 7) is 1.15. The summed E-state index contributed by atoms with van der Waals surface area (Å²) in [7, 11) is 1.60. The topological polar surface area (TPSA) is 102 Å². The van der Waals surface area contributed by atoms with Gasteiger partial charge < -0.3 is 24.5 Å². The number of methoxy groups -OCH3 is 1. The number of benzene rings is 2. The van der Waals surface area contributed by atoms with Crippen molar-refractivity contribution >= 4 is 34.8 Å². The molecule has 1 heterocycles. The number of ether oxygens (including phenoxy) is 2. The van der Waals surface area contributed by atoms with E-state index in [-0.39, 0.29) is 23.5 Å². The Morgan fingerprint density at radius 3 is 2.47 bits per heavy atom. The van der Waals surface area contributed by atoms with Gasteiger partial charge in [-0.3, -0.25) is 14.9 Å². The summed E-state index contributed by atoms with van der Waals surface area (Å²) >= 11 is 5.26. The average molecular weight is 454 g/mol. The fraction of sp³-hybridized carbons (Fsp3) is 0.174. The van der Waals surface area contributed by atoms with Crippen LogP contribution in [0.25, 0.3) is 0 Å². The second-order valence-electron chi connectivity index (χ2n) is 6.58. The summed E-state index contributed by atoms with van der Waals surface area (Å²) < 4.78 is 15.6.